The summed E-state index contributed by atoms with van der Waals surface area (Å²) in [4.78, 5) is 11.2. The minimum absolute atomic E-state index is 0.286. The molecular formula is C10H19F2NO4S. The first-order valence-electron chi connectivity index (χ1n) is 5.52. The Labute approximate surface area is 106 Å². The average molecular weight is 287 g/mol. The summed E-state index contributed by atoms with van der Waals surface area (Å²) in [5, 5.41) is 0. The highest BCUT2D eigenvalue weighted by molar-refractivity contribution is 7.90. The summed E-state index contributed by atoms with van der Waals surface area (Å²) in [6.45, 7) is 5.74. The smallest absolute Gasteiger partial charge is 0.307 e. The third-order valence-electron chi connectivity index (χ3n) is 1.71. The summed E-state index contributed by atoms with van der Waals surface area (Å²) in [6.07, 6.45) is -3.32. The van der Waals surface area contributed by atoms with Crippen molar-refractivity contribution in [3.8, 4) is 0 Å². The fourth-order valence-corrected chi connectivity index (χ4v) is 2.19. The standard InChI is InChI=1S/C10H19F2NO4S/c1-5-6-7-18(15,16)13-8(14)10(11,12)17-9(2,3)4/h5-7H2,1-4H3,(H,13,14). The Morgan fingerprint density at radius 3 is 2.17 bits per heavy atom. The number of hydrogen-bond acceptors (Lipinski definition) is 4. The predicted molar refractivity (Wildman–Crippen MR) is 62.6 cm³/mol. The van der Waals surface area contributed by atoms with E-state index in [1.54, 1.807) is 6.92 Å². The number of sulfonamides is 1. The van der Waals surface area contributed by atoms with Crippen LogP contribution in [-0.2, 0) is 19.6 Å². The average Bonchev–Trinajstić information content (AvgIpc) is 2.10. The molecule has 0 aliphatic carbocycles. The van der Waals surface area contributed by atoms with Crippen LogP contribution in [0.5, 0.6) is 0 Å². The number of nitrogens with one attached hydrogen (secondary N) is 1. The molecule has 8 heteroatoms. The van der Waals surface area contributed by atoms with Crippen molar-refractivity contribution in [2.45, 2.75) is 52.2 Å². The van der Waals surface area contributed by atoms with Crippen LogP contribution in [0.2, 0.25) is 0 Å². The molecule has 0 radical (unpaired) electrons. The van der Waals surface area contributed by atoms with Crippen molar-refractivity contribution in [1.82, 2.24) is 4.72 Å². The van der Waals surface area contributed by atoms with Gasteiger partial charge in [-0.3, -0.25) is 4.79 Å². The Balaban J connectivity index is 4.66. The second-order valence-electron chi connectivity index (χ2n) is 4.83. The van der Waals surface area contributed by atoms with Gasteiger partial charge in [-0.15, -0.1) is 0 Å². The monoisotopic (exact) mass is 287 g/mol. The maximum Gasteiger partial charge on any atom is 0.437 e. The van der Waals surface area contributed by atoms with Crippen LogP contribution in [-0.4, -0.2) is 31.8 Å². The van der Waals surface area contributed by atoms with E-state index in [9.17, 15) is 22.0 Å². The topological polar surface area (TPSA) is 72.5 Å². The van der Waals surface area contributed by atoms with Crippen molar-refractivity contribution in [3.63, 3.8) is 0 Å². The van der Waals surface area contributed by atoms with E-state index in [0.29, 0.717) is 6.42 Å². The third-order valence-corrected chi connectivity index (χ3v) is 3.04. The summed E-state index contributed by atoms with van der Waals surface area (Å²) in [7, 11) is -4.04. The Hall–Kier alpha value is -0.760. The molecule has 0 aromatic rings. The first kappa shape index (κ1) is 17.2. The molecule has 0 rings (SSSR count). The normalized spacial score (nSPS) is 13.4. The first-order chi connectivity index (χ1) is 7.90. The van der Waals surface area contributed by atoms with Gasteiger partial charge in [0.15, 0.2) is 0 Å². The van der Waals surface area contributed by atoms with Crippen LogP contribution in [0.25, 0.3) is 0 Å². The molecule has 108 valence electrons. The van der Waals surface area contributed by atoms with Gasteiger partial charge in [-0.05, 0) is 27.2 Å². The lowest BCUT2D eigenvalue weighted by Gasteiger charge is -2.25. The molecule has 0 unspecified atom stereocenters. The molecule has 18 heavy (non-hydrogen) atoms. The Kier molecular flexibility index (Phi) is 5.67. The molecule has 0 aromatic carbocycles. The van der Waals surface area contributed by atoms with Crippen LogP contribution in [0, 0.1) is 0 Å². The highest BCUT2D eigenvalue weighted by Crippen LogP contribution is 2.23. The minimum Gasteiger partial charge on any atom is -0.307 e. The number of rotatable bonds is 6. The van der Waals surface area contributed by atoms with Gasteiger partial charge >= 0.3 is 12.0 Å². The van der Waals surface area contributed by atoms with E-state index in [-0.39, 0.29) is 12.2 Å². The number of amides is 1. The predicted octanol–water partition coefficient (Wildman–Crippen LogP) is 1.64. The second kappa shape index (κ2) is 5.92. The molecule has 0 fully saturated rings. The SMILES string of the molecule is CCCCS(=O)(=O)NC(=O)C(F)(F)OC(C)(C)C. The molecular weight excluding hydrogens is 268 g/mol. The summed E-state index contributed by atoms with van der Waals surface area (Å²) in [5.41, 5.74) is -1.27. The summed E-state index contributed by atoms with van der Waals surface area (Å²) >= 11 is 0. The van der Waals surface area contributed by atoms with E-state index < -0.39 is 27.6 Å². The fraction of sp³-hybridized carbons (Fsp3) is 0.900. The fourth-order valence-electron chi connectivity index (χ4n) is 1.02. The lowest BCUT2D eigenvalue weighted by Crippen LogP contribution is -2.48. The summed E-state index contributed by atoms with van der Waals surface area (Å²) in [6, 6.07) is 0. The van der Waals surface area contributed by atoms with Crippen molar-refractivity contribution >= 4 is 15.9 Å². The van der Waals surface area contributed by atoms with Crippen LogP contribution in [0.3, 0.4) is 0 Å². The van der Waals surface area contributed by atoms with Crippen molar-refractivity contribution in [2.75, 3.05) is 5.75 Å². The molecule has 0 aromatic heterocycles. The zero-order valence-corrected chi connectivity index (χ0v) is 11.7. The molecule has 5 nitrogen and oxygen atoms in total. The number of carbonyl (C=O) groups excluding carboxylic acids is 1. The van der Waals surface area contributed by atoms with Crippen molar-refractivity contribution in [2.24, 2.45) is 0 Å². The van der Waals surface area contributed by atoms with Crippen molar-refractivity contribution in [1.29, 1.82) is 0 Å². The van der Waals surface area contributed by atoms with Gasteiger partial charge < -0.3 is 4.74 Å². The zero-order chi connectivity index (χ0) is 14.6. The van der Waals surface area contributed by atoms with Crippen LogP contribution in [0.1, 0.15) is 40.5 Å². The number of unbranched alkanes of at least 4 members (excludes halogenated alkanes) is 1. The molecule has 0 heterocycles. The molecule has 0 spiro atoms. The molecule has 1 N–H and O–H groups in total. The highest BCUT2D eigenvalue weighted by atomic mass is 32.2. The maximum absolute atomic E-state index is 13.3. The molecule has 0 saturated carbocycles. The van der Waals surface area contributed by atoms with Crippen molar-refractivity contribution < 1.29 is 26.7 Å². The van der Waals surface area contributed by atoms with E-state index in [0.717, 1.165) is 0 Å². The number of alkyl halides is 2. The molecule has 0 aliphatic rings. The Morgan fingerprint density at radius 1 is 1.28 bits per heavy atom. The van der Waals surface area contributed by atoms with Gasteiger partial charge in [0, 0.05) is 0 Å². The van der Waals surface area contributed by atoms with Gasteiger partial charge in [-0.2, -0.15) is 8.78 Å². The number of ether oxygens (including phenoxy) is 1. The molecule has 0 bridgehead atoms. The zero-order valence-electron chi connectivity index (χ0n) is 10.9. The lowest BCUT2D eigenvalue weighted by atomic mass is 10.2. The van der Waals surface area contributed by atoms with E-state index >= 15 is 0 Å². The summed E-state index contributed by atoms with van der Waals surface area (Å²) in [5.74, 6) is -2.34. The lowest BCUT2D eigenvalue weighted by molar-refractivity contribution is -0.266. The van der Waals surface area contributed by atoms with Crippen LogP contribution in [0.4, 0.5) is 8.78 Å². The van der Waals surface area contributed by atoms with Crippen LogP contribution in [0.15, 0.2) is 0 Å². The van der Waals surface area contributed by atoms with E-state index in [1.165, 1.54) is 25.5 Å². The molecule has 1 amide bonds. The van der Waals surface area contributed by atoms with Crippen molar-refractivity contribution in [3.05, 3.63) is 0 Å². The minimum atomic E-state index is -4.18. The first-order valence-corrected chi connectivity index (χ1v) is 7.18. The quantitative estimate of drug-likeness (QED) is 0.806. The molecule has 0 aliphatic heterocycles. The maximum atomic E-state index is 13.3. The second-order valence-corrected chi connectivity index (χ2v) is 6.68. The Bertz CT molecular complexity index is 387. The van der Waals surface area contributed by atoms with Gasteiger partial charge in [-0.25, -0.2) is 13.1 Å². The van der Waals surface area contributed by atoms with E-state index in [2.05, 4.69) is 4.74 Å². The third kappa shape index (κ3) is 6.85. The highest BCUT2D eigenvalue weighted by Gasteiger charge is 2.45. The van der Waals surface area contributed by atoms with Gasteiger partial charge in [0.25, 0.3) is 0 Å². The Morgan fingerprint density at radius 2 is 1.78 bits per heavy atom. The number of hydrogen-bond donors (Lipinski definition) is 1. The summed E-state index contributed by atoms with van der Waals surface area (Å²) < 4.78 is 54.7. The number of carbonyl (C=O) groups is 1. The molecule has 0 saturated heterocycles. The van der Waals surface area contributed by atoms with E-state index in [1.807, 2.05) is 0 Å². The van der Waals surface area contributed by atoms with Gasteiger partial charge in [-0.1, -0.05) is 13.3 Å². The molecule has 0 atom stereocenters. The van der Waals surface area contributed by atoms with Crippen LogP contribution < -0.4 is 4.72 Å². The number of halogens is 2. The van der Waals surface area contributed by atoms with Gasteiger partial charge in [0.05, 0.1) is 11.4 Å². The van der Waals surface area contributed by atoms with Crippen LogP contribution >= 0.6 is 0 Å². The van der Waals surface area contributed by atoms with Gasteiger partial charge in [0.1, 0.15) is 0 Å². The van der Waals surface area contributed by atoms with E-state index in [4.69, 9.17) is 0 Å². The van der Waals surface area contributed by atoms with Gasteiger partial charge in [0.2, 0.25) is 10.0 Å². The largest absolute Gasteiger partial charge is 0.437 e.